The number of carbonyl (C=O) groups is 3. The summed E-state index contributed by atoms with van der Waals surface area (Å²) < 4.78 is 16.8. The Balaban J connectivity index is 4.35. The lowest BCUT2D eigenvalue weighted by atomic mass is 10.0. The molecule has 62 heavy (non-hydrogen) atoms. The van der Waals surface area contributed by atoms with Crippen LogP contribution in [0.2, 0.25) is 0 Å². The topological polar surface area (TPSA) is 78.9 Å². The minimum Gasteiger partial charge on any atom is -0.462 e. The van der Waals surface area contributed by atoms with Crippen LogP contribution in [0.5, 0.6) is 0 Å². The van der Waals surface area contributed by atoms with Gasteiger partial charge in [0.25, 0.3) is 0 Å². The molecule has 0 bridgehead atoms. The lowest BCUT2D eigenvalue weighted by Crippen LogP contribution is -2.30. The molecule has 0 spiro atoms. The van der Waals surface area contributed by atoms with Gasteiger partial charge in [0, 0.05) is 19.3 Å². The molecule has 0 aliphatic carbocycles. The zero-order chi connectivity index (χ0) is 45.1. The van der Waals surface area contributed by atoms with E-state index in [0.29, 0.717) is 19.3 Å². The number of carbonyl (C=O) groups excluding carboxylic acids is 3. The van der Waals surface area contributed by atoms with Gasteiger partial charge in [-0.3, -0.25) is 14.4 Å². The Hall–Kier alpha value is -2.37. The van der Waals surface area contributed by atoms with E-state index in [1.54, 1.807) is 0 Å². The summed E-state index contributed by atoms with van der Waals surface area (Å²) in [6.07, 6.45) is 59.8. The van der Waals surface area contributed by atoms with Crippen LogP contribution < -0.4 is 0 Å². The zero-order valence-corrected chi connectivity index (χ0v) is 41.4. The maximum atomic E-state index is 12.8. The van der Waals surface area contributed by atoms with Crippen LogP contribution in [0.25, 0.3) is 0 Å². The highest BCUT2D eigenvalue weighted by atomic mass is 16.6. The first-order chi connectivity index (χ1) is 30.5. The predicted octanol–water partition coefficient (Wildman–Crippen LogP) is 17.7. The summed E-state index contributed by atoms with van der Waals surface area (Å²) in [6, 6.07) is 0. The van der Waals surface area contributed by atoms with Crippen LogP contribution in [-0.2, 0) is 28.6 Å². The molecule has 362 valence electrons. The van der Waals surface area contributed by atoms with Crippen LogP contribution in [0, 0.1) is 0 Å². The Labute approximate surface area is 385 Å². The zero-order valence-electron chi connectivity index (χ0n) is 41.4. The highest BCUT2D eigenvalue weighted by Crippen LogP contribution is 2.16. The number of hydrogen-bond donors (Lipinski definition) is 0. The molecule has 0 radical (unpaired) electrons. The smallest absolute Gasteiger partial charge is 0.306 e. The van der Waals surface area contributed by atoms with Gasteiger partial charge >= 0.3 is 17.9 Å². The second-order valence-electron chi connectivity index (χ2n) is 18.2. The summed E-state index contributed by atoms with van der Waals surface area (Å²) >= 11 is 0. The standard InChI is InChI=1S/C56H102O6/c1-4-7-10-13-16-19-22-25-27-28-30-31-34-37-40-43-46-49-55(58)61-52-53(51-60-54(57)48-45-42-39-36-33-24-21-18-15-12-9-6-3)62-56(59)50-47-44-41-38-35-32-29-26-23-20-17-14-11-8-5-2/h17-18,20-21,23,26,53H,4-16,19,22,24-25,27-52H2,1-3H3/b20-17-,21-18-,26-23-. The lowest BCUT2D eigenvalue weighted by molar-refractivity contribution is -0.167. The van der Waals surface area contributed by atoms with Crippen molar-refractivity contribution in [1.29, 1.82) is 0 Å². The molecule has 6 nitrogen and oxygen atoms in total. The van der Waals surface area contributed by atoms with Gasteiger partial charge in [-0.15, -0.1) is 0 Å². The van der Waals surface area contributed by atoms with Gasteiger partial charge in [-0.25, -0.2) is 0 Å². The van der Waals surface area contributed by atoms with Gasteiger partial charge in [0.05, 0.1) is 0 Å². The molecule has 0 heterocycles. The van der Waals surface area contributed by atoms with Crippen LogP contribution in [0.4, 0.5) is 0 Å². The van der Waals surface area contributed by atoms with E-state index in [1.165, 1.54) is 173 Å². The minimum atomic E-state index is -0.778. The van der Waals surface area contributed by atoms with E-state index in [2.05, 4.69) is 57.2 Å². The van der Waals surface area contributed by atoms with Gasteiger partial charge in [-0.05, 0) is 70.6 Å². The molecule has 0 aliphatic rings. The van der Waals surface area contributed by atoms with Crippen molar-refractivity contribution >= 4 is 17.9 Å². The molecule has 6 heteroatoms. The molecule has 0 saturated carbocycles. The largest absolute Gasteiger partial charge is 0.462 e. The van der Waals surface area contributed by atoms with Crippen LogP contribution in [0.3, 0.4) is 0 Å². The number of allylic oxidation sites excluding steroid dienone is 6. The molecular weight excluding hydrogens is 769 g/mol. The first kappa shape index (κ1) is 59.6. The third-order valence-electron chi connectivity index (χ3n) is 11.9. The van der Waals surface area contributed by atoms with Gasteiger partial charge in [-0.2, -0.15) is 0 Å². The molecule has 1 atom stereocenters. The molecule has 0 aromatic heterocycles. The molecule has 0 fully saturated rings. The third-order valence-corrected chi connectivity index (χ3v) is 11.9. The third kappa shape index (κ3) is 48.7. The molecule has 1 unspecified atom stereocenters. The summed E-state index contributed by atoms with van der Waals surface area (Å²) in [5.74, 6) is -0.885. The van der Waals surface area contributed by atoms with E-state index >= 15 is 0 Å². The van der Waals surface area contributed by atoms with Gasteiger partial charge < -0.3 is 14.2 Å². The van der Waals surface area contributed by atoms with Crippen molar-refractivity contribution in [1.82, 2.24) is 0 Å². The van der Waals surface area contributed by atoms with Gasteiger partial charge in [-0.1, -0.05) is 231 Å². The van der Waals surface area contributed by atoms with Crippen LogP contribution in [-0.4, -0.2) is 37.2 Å². The summed E-state index contributed by atoms with van der Waals surface area (Å²) in [5, 5.41) is 0. The van der Waals surface area contributed by atoms with Crippen molar-refractivity contribution in [3.63, 3.8) is 0 Å². The van der Waals surface area contributed by atoms with Gasteiger partial charge in [0.1, 0.15) is 13.2 Å². The molecule has 0 saturated heterocycles. The molecule has 0 rings (SSSR count). The maximum absolute atomic E-state index is 12.8. The maximum Gasteiger partial charge on any atom is 0.306 e. The summed E-state index contributed by atoms with van der Waals surface area (Å²) in [5.41, 5.74) is 0. The Kier molecular flexibility index (Phi) is 49.3. The minimum absolute atomic E-state index is 0.0764. The Morgan fingerprint density at radius 1 is 0.323 bits per heavy atom. The lowest BCUT2D eigenvalue weighted by Gasteiger charge is -2.18. The van der Waals surface area contributed by atoms with Crippen LogP contribution in [0.15, 0.2) is 36.5 Å². The van der Waals surface area contributed by atoms with Crippen LogP contribution >= 0.6 is 0 Å². The fraction of sp³-hybridized carbons (Fsp3) is 0.839. The summed E-state index contributed by atoms with van der Waals surface area (Å²) in [7, 11) is 0. The Morgan fingerprint density at radius 3 is 0.935 bits per heavy atom. The highest BCUT2D eigenvalue weighted by Gasteiger charge is 2.19. The second kappa shape index (κ2) is 51.3. The molecule has 0 amide bonds. The number of unbranched alkanes of at least 4 members (excludes halogenated alkanes) is 33. The molecule has 0 aliphatic heterocycles. The average molecular weight is 871 g/mol. The van der Waals surface area contributed by atoms with Crippen molar-refractivity contribution in [2.75, 3.05) is 13.2 Å². The second-order valence-corrected chi connectivity index (χ2v) is 18.2. The van der Waals surface area contributed by atoms with Gasteiger partial charge in [0.2, 0.25) is 0 Å². The number of esters is 3. The van der Waals surface area contributed by atoms with E-state index in [9.17, 15) is 14.4 Å². The quantitative estimate of drug-likeness (QED) is 0.0199. The van der Waals surface area contributed by atoms with Crippen molar-refractivity contribution in [2.45, 2.75) is 290 Å². The number of ether oxygens (including phenoxy) is 3. The number of hydrogen-bond acceptors (Lipinski definition) is 6. The van der Waals surface area contributed by atoms with Crippen molar-refractivity contribution in [2.24, 2.45) is 0 Å². The molecular formula is C56H102O6. The SMILES string of the molecule is CCCCC/C=C\C=C/CCCCCCCCC(=O)OC(COC(=O)CCCCCCC/C=C\CCCCC)COC(=O)CCCCCCCCCCCCCCCCCCC. The first-order valence-corrected chi connectivity index (χ1v) is 27.0. The van der Waals surface area contributed by atoms with Crippen LogP contribution in [0.1, 0.15) is 284 Å². The fourth-order valence-corrected chi connectivity index (χ4v) is 7.78. The van der Waals surface area contributed by atoms with E-state index < -0.39 is 6.10 Å². The van der Waals surface area contributed by atoms with Crippen molar-refractivity contribution < 1.29 is 28.6 Å². The summed E-state index contributed by atoms with van der Waals surface area (Å²) in [4.78, 5) is 38.0. The average Bonchev–Trinajstić information content (AvgIpc) is 3.27. The van der Waals surface area contributed by atoms with E-state index in [-0.39, 0.29) is 31.1 Å². The fourth-order valence-electron chi connectivity index (χ4n) is 7.78. The number of rotatable bonds is 49. The van der Waals surface area contributed by atoms with Gasteiger partial charge in [0.15, 0.2) is 6.10 Å². The predicted molar refractivity (Wildman–Crippen MR) is 266 cm³/mol. The first-order valence-electron chi connectivity index (χ1n) is 27.0. The van der Waals surface area contributed by atoms with E-state index in [4.69, 9.17) is 14.2 Å². The van der Waals surface area contributed by atoms with E-state index in [0.717, 1.165) is 70.6 Å². The highest BCUT2D eigenvalue weighted by molar-refractivity contribution is 5.71. The molecule has 0 aromatic carbocycles. The Morgan fingerprint density at radius 2 is 0.581 bits per heavy atom. The molecule has 0 aromatic rings. The Bertz CT molecular complexity index is 1050. The van der Waals surface area contributed by atoms with Crippen molar-refractivity contribution in [3.05, 3.63) is 36.5 Å². The summed E-state index contributed by atoms with van der Waals surface area (Å²) in [6.45, 7) is 6.60. The van der Waals surface area contributed by atoms with E-state index in [1.807, 2.05) is 0 Å². The molecule has 0 N–H and O–H groups in total. The monoisotopic (exact) mass is 871 g/mol. The normalized spacial score (nSPS) is 12.2. The van der Waals surface area contributed by atoms with Crippen molar-refractivity contribution in [3.8, 4) is 0 Å².